The molecule has 0 bridgehead atoms. The van der Waals surface area contributed by atoms with Crippen molar-refractivity contribution < 1.29 is 13.5 Å². The molecule has 0 aliphatic heterocycles. The number of phenolic OH excluding ortho intramolecular Hbond substituents is 1. The molecule has 88 valence electrons. The molecule has 1 aromatic carbocycles. The molecule has 1 atom stereocenters. The van der Waals surface area contributed by atoms with E-state index >= 15 is 0 Å². The van der Waals surface area contributed by atoms with Crippen molar-refractivity contribution in [3.8, 4) is 5.75 Å². The summed E-state index contributed by atoms with van der Waals surface area (Å²) in [5, 5.41) is 9.60. The standard InChI is InChI=1S/C11H15NO3S/c1-8(12)11(6-7-11)16(14,15)10-5-3-2-4-9(10)13/h2-5,8,13H,6-7,12H2,1H3. The second-order valence-electron chi connectivity index (χ2n) is 4.32. The molecule has 1 saturated carbocycles. The molecule has 0 radical (unpaired) electrons. The lowest BCUT2D eigenvalue weighted by atomic mass is 10.2. The molecule has 0 spiro atoms. The fraction of sp³-hybridized carbons (Fsp3) is 0.455. The van der Waals surface area contributed by atoms with Gasteiger partial charge in [-0.2, -0.15) is 0 Å². The van der Waals surface area contributed by atoms with Gasteiger partial charge in [0.1, 0.15) is 10.6 Å². The van der Waals surface area contributed by atoms with Crippen LogP contribution in [0.1, 0.15) is 19.8 Å². The third-order valence-corrected chi connectivity index (χ3v) is 6.04. The Balaban J connectivity index is 2.53. The lowest BCUT2D eigenvalue weighted by molar-refractivity contribution is 0.456. The van der Waals surface area contributed by atoms with E-state index < -0.39 is 20.6 Å². The van der Waals surface area contributed by atoms with Crippen molar-refractivity contribution in [3.05, 3.63) is 24.3 Å². The summed E-state index contributed by atoms with van der Waals surface area (Å²) < 4.78 is 23.8. The van der Waals surface area contributed by atoms with Crippen LogP contribution >= 0.6 is 0 Å². The van der Waals surface area contributed by atoms with Gasteiger partial charge >= 0.3 is 0 Å². The van der Waals surface area contributed by atoms with E-state index in [1.807, 2.05) is 0 Å². The van der Waals surface area contributed by atoms with Crippen LogP contribution in [-0.2, 0) is 9.84 Å². The first-order valence-corrected chi connectivity index (χ1v) is 6.68. The number of hydrogen-bond donors (Lipinski definition) is 2. The minimum absolute atomic E-state index is 0.00944. The maximum Gasteiger partial charge on any atom is 0.189 e. The fourth-order valence-electron chi connectivity index (χ4n) is 2.00. The third kappa shape index (κ3) is 1.43. The van der Waals surface area contributed by atoms with Crippen LogP contribution in [0, 0.1) is 0 Å². The van der Waals surface area contributed by atoms with Gasteiger partial charge in [0, 0.05) is 6.04 Å². The Morgan fingerprint density at radius 2 is 1.94 bits per heavy atom. The summed E-state index contributed by atoms with van der Waals surface area (Å²) in [7, 11) is -3.53. The fourth-order valence-corrected chi connectivity index (χ4v) is 4.16. The quantitative estimate of drug-likeness (QED) is 0.828. The summed E-state index contributed by atoms with van der Waals surface area (Å²) in [5.74, 6) is -0.200. The molecular weight excluding hydrogens is 226 g/mol. The lowest BCUT2D eigenvalue weighted by Crippen LogP contribution is -2.40. The van der Waals surface area contributed by atoms with Gasteiger partial charge < -0.3 is 10.8 Å². The molecule has 1 aliphatic carbocycles. The van der Waals surface area contributed by atoms with E-state index in [9.17, 15) is 13.5 Å². The van der Waals surface area contributed by atoms with Crippen LogP contribution in [0.4, 0.5) is 0 Å². The first-order chi connectivity index (χ1) is 7.42. The maximum absolute atomic E-state index is 12.3. The van der Waals surface area contributed by atoms with Crippen molar-refractivity contribution >= 4 is 9.84 Å². The van der Waals surface area contributed by atoms with E-state index in [1.165, 1.54) is 12.1 Å². The minimum Gasteiger partial charge on any atom is -0.507 e. The highest BCUT2D eigenvalue weighted by Gasteiger charge is 2.58. The van der Waals surface area contributed by atoms with Crippen LogP contribution in [0.3, 0.4) is 0 Å². The summed E-state index contributed by atoms with van der Waals surface area (Å²) in [6.07, 6.45) is 1.14. The highest BCUT2D eigenvalue weighted by molar-refractivity contribution is 7.93. The van der Waals surface area contributed by atoms with Crippen LogP contribution in [0.2, 0.25) is 0 Å². The van der Waals surface area contributed by atoms with E-state index in [2.05, 4.69) is 0 Å². The van der Waals surface area contributed by atoms with Crippen LogP contribution in [0.5, 0.6) is 5.75 Å². The van der Waals surface area contributed by atoms with Crippen molar-refractivity contribution in [1.82, 2.24) is 0 Å². The molecule has 1 unspecified atom stereocenters. The number of sulfone groups is 1. The molecule has 2 rings (SSSR count). The Hall–Kier alpha value is -1.07. The molecule has 1 aliphatic rings. The number of phenols is 1. The normalized spacial score (nSPS) is 20.4. The zero-order valence-electron chi connectivity index (χ0n) is 9.05. The third-order valence-electron chi connectivity index (χ3n) is 3.26. The second-order valence-corrected chi connectivity index (χ2v) is 6.58. The number of rotatable bonds is 3. The molecule has 3 N–H and O–H groups in total. The van der Waals surface area contributed by atoms with E-state index in [0.717, 1.165) is 0 Å². The largest absolute Gasteiger partial charge is 0.507 e. The smallest absolute Gasteiger partial charge is 0.189 e. The SMILES string of the molecule is CC(N)C1(S(=O)(=O)c2ccccc2O)CC1. The average Bonchev–Trinajstić information content (AvgIpc) is 2.98. The highest BCUT2D eigenvalue weighted by atomic mass is 32.2. The summed E-state index contributed by atoms with van der Waals surface area (Å²) in [6.45, 7) is 1.70. The van der Waals surface area contributed by atoms with Crippen LogP contribution in [0.15, 0.2) is 29.2 Å². The number of benzene rings is 1. The highest BCUT2D eigenvalue weighted by Crippen LogP contribution is 2.50. The Bertz CT molecular complexity index is 504. The van der Waals surface area contributed by atoms with Gasteiger partial charge in [-0.15, -0.1) is 0 Å². The van der Waals surface area contributed by atoms with E-state index in [0.29, 0.717) is 12.8 Å². The number of aromatic hydroxyl groups is 1. The van der Waals surface area contributed by atoms with Crippen LogP contribution in [0.25, 0.3) is 0 Å². The summed E-state index contributed by atoms with van der Waals surface area (Å²) in [5.41, 5.74) is 5.75. The number of hydrogen-bond acceptors (Lipinski definition) is 4. The van der Waals surface area contributed by atoms with Gasteiger partial charge in [-0.1, -0.05) is 12.1 Å². The summed E-state index contributed by atoms with van der Waals surface area (Å²) in [6, 6.07) is 5.58. The predicted octanol–water partition coefficient (Wildman–Crippen LogP) is 1.05. The Kier molecular flexibility index (Phi) is 2.47. The van der Waals surface area contributed by atoms with Crippen molar-refractivity contribution in [2.24, 2.45) is 5.73 Å². The van der Waals surface area contributed by atoms with Gasteiger partial charge in [-0.3, -0.25) is 0 Å². The Morgan fingerprint density at radius 1 is 1.38 bits per heavy atom. The lowest BCUT2D eigenvalue weighted by Gasteiger charge is -2.20. The number of nitrogens with two attached hydrogens (primary N) is 1. The van der Waals surface area contributed by atoms with E-state index in [1.54, 1.807) is 19.1 Å². The molecule has 0 amide bonds. The van der Waals surface area contributed by atoms with Gasteiger partial charge in [0.15, 0.2) is 9.84 Å². The van der Waals surface area contributed by atoms with Crippen LogP contribution in [-0.4, -0.2) is 24.3 Å². The maximum atomic E-state index is 12.3. The zero-order chi connectivity index (χ0) is 12.0. The molecule has 0 aromatic heterocycles. The minimum atomic E-state index is -3.53. The molecule has 16 heavy (non-hydrogen) atoms. The first-order valence-electron chi connectivity index (χ1n) is 5.20. The molecule has 0 saturated heterocycles. The number of para-hydroxylation sites is 1. The zero-order valence-corrected chi connectivity index (χ0v) is 9.87. The average molecular weight is 241 g/mol. The monoisotopic (exact) mass is 241 g/mol. The molecule has 1 aromatic rings. The van der Waals surface area contributed by atoms with Crippen molar-refractivity contribution in [3.63, 3.8) is 0 Å². The van der Waals surface area contributed by atoms with Gasteiger partial charge in [0.25, 0.3) is 0 Å². The van der Waals surface area contributed by atoms with Crippen molar-refractivity contribution in [2.45, 2.75) is 35.4 Å². The van der Waals surface area contributed by atoms with Gasteiger partial charge in [0.05, 0.1) is 4.75 Å². The predicted molar refractivity (Wildman–Crippen MR) is 60.9 cm³/mol. The summed E-state index contributed by atoms with van der Waals surface area (Å²) in [4.78, 5) is -0.00944. The first kappa shape index (κ1) is 11.4. The van der Waals surface area contributed by atoms with Gasteiger partial charge in [-0.05, 0) is 31.9 Å². The Labute approximate surface area is 95.0 Å². The Morgan fingerprint density at radius 3 is 2.38 bits per heavy atom. The van der Waals surface area contributed by atoms with Crippen molar-refractivity contribution in [2.75, 3.05) is 0 Å². The van der Waals surface area contributed by atoms with E-state index in [-0.39, 0.29) is 10.6 Å². The van der Waals surface area contributed by atoms with Gasteiger partial charge in [0.2, 0.25) is 0 Å². The molecular formula is C11H15NO3S. The van der Waals surface area contributed by atoms with Gasteiger partial charge in [-0.25, -0.2) is 8.42 Å². The molecule has 5 heteroatoms. The molecule has 4 nitrogen and oxygen atoms in total. The molecule has 1 fully saturated rings. The van der Waals surface area contributed by atoms with Crippen LogP contribution < -0.4 is 5.73 Å². The van der Waals surface area contributed by atoms with Crippen molar-refractivity contribution in [1.29, 1.82) is 0 Å². The van der Waals surface area contributed by atoms with E-state index in [4.69, 9.17) is 5.73 Å². The molecule has 0 heterocycles. The topological polar surface area (TPSA) is 80.4 Å². The summed E-state index contributed by atoms with van der Waals surface area (Å²) >= 11 is 0. The second kappa shape index (κ2) is 3.46.